The minimum atomic E-state index is -0.373. The van der Waals surface area contributed by atoms with Crippen molar-refractivity contribution in [3.63, 3.8) is 0 Å². The van der Waals surface area contributed by atoms with Gasteiger partial charge in [-0.3, -0.25) is 4.79 Å². The lowest BCUT2D eigenvalue weighted by Gasteiger charge is -2.60. The average molecular weight is 419 g/mol. The summed E-state index contributed by atoms with van der Waals surface area (Å²) in [6.45, 7) is 9.59. The van der Waals surface area contributed by atoms with E-state index in [0.717, 1.165) is 55.8 Å². The van der Waals surface area contributed by atoms with Crippen LogP contribution < -0.4 is 0 Å². The van der Waals surface area contributed by atoms with Crippen molar-refractivity contribution in [2.24, 2.45) is 52.3 Å². The molecule has 4 fully saturated rings. The van der Waals surface area contributed by atoms with Gasteiger partial charge in [-0.05, 0) is 104 Å². The van der Waals surface area contributed by atoms with Crippen LogP contribution in [0.25, 0.3) is 0 Å². The van der Waals surface area contributed by atoms with E-state index < -0.39 is 0 Å². The van der Waals surface area contributed by atoms with Crippen molar-refractivity contribution in [2.45, 2.75) is 104 Å². The highest BCUT2D eigenvalue weighted by Gasteiger charge is 2.60. The van der Waals surface area contributed by atoms with Crippen LogP contribution in [0.4, 0.5) is 0 Å². The van der Waals surface area contributed by atoms with Gasteiger partial charge in [-0.15, -0.1) is 0 Å². The third kappa shape index (κ3) is 3.70. The number of hydrogen-bond donors (Lipinski definition) is 2. The lowest BCUT2D eigenvalue weighted by molar-refractivity contribution is -0.140. The number of Topliss-reactive ketones (excluding diaryl/α,β-unsaturated/α-hetero) is 1. The van der Waals surface area contributed by atoms with Crippen LogP contribution in [0.3, 0.4) is 0 Å². The van der Waals surface area contributed by atoms with E-state index in [1.807, 2.05) is 6.92 Å². The zero-order chi connectivity index (χ0) is 21.7. The van der Waals surface area contributed by atoms with Crippen LogP contribution >= 0.6 is 0 Å². The van der Waals surface area contributed by atoms with E-state index >= 15 is 0 Å². The van der Waals surface area contributed by atoms with Crippen LogP contribution in [0, 0.1) is 52.3 Å². The standard InChI is InChI=1S/C27H46O3/c1-17(5-10-25(30)18(2)16-28)22-8-9-23-21-7-6-19-15-20(29)11-13-26(19,3)24(21)12-14-27(22,23)4/h17-19,21-25,28,30H,5-16H2,1-4H3/t17-,18?,19?,21+,22-,23+,24+,25?,26+,27-/m1/s1. The molecule has 0 bridgehead atoms. The predicted molar refractivity (Wildman–Crippen MR) is 121 cm³/mol. The minimum absolute atomic E-state index is 0.0159. The minimum Gasteiger partial charge on any atom is -0.396 e. The smallest absolute Gasteiger partial charge is 0.133 e. The van der Waals surface area contributed by atoms with Gasteiger partial charge < -0.3 is 10.2 Å². The van der Waals surface area contributed by atoms with E-state index in [1.54, 1.807) is 0 Å². The Morgan fingerprint density at radius 1 is 0.967 bits per heavy atom. The molecule has 172 valence electrons. The second kappa shape index (κ2) is 8.50. The van der Waals surface area contributed by atoms with Crippen molar-refractivity contribution in [3.8, 4) is 0 Å². The number of carbonyl (C=O) groups is 1. The SMILES string of the molecule is CC(CO)C(O)CC[C@@H](C)[C@H]1CC[C@H]2[C@@H]3CCC4CC(=O)CC[C@]4(C)[C@H]3CC[C@]12C. The first-order valence-corrected chi connectivity index (χ1v) is 13.0. The Labute approximate surface area is 184 Å². The van der Waals surface area contributed by atoms with Crippen molar-refractivity contribution >= 4 is 5.78 Å². The first-order valence-electron chi connectivity index (χ1n) is 13.0. The Bertz CT molecular complexity index is 632. The second-order valence-electron chi connectivity index (χ2n) is 12.4. The maximum absolute atomic E-state index is 12.1. The summed E-state index contributed by atoms with van der Waals surface area (Å²) in [5, 5.41) is 19.7. The molecule has 10 atom stereocenters. The maximum Gasteiger partial charge on any atom is 0.133 e. The fourth-order valence-electron chi connectivity index (χ4n) is 9.06. The van der Waals surface area contributed by atoms with Gasteiger partial charge in [-0.1, -0.05) is 27.7 Å². The molecule has 3 nitrogen and oxygen atoms in total. The average Bonchev–Trinajstić information content (AvgIpc) is 3.09. The summed E-state index contributed by atoms with van der Waals surface area (Å²) >= 11 is 0. The molecular weight excluding hydrogens is 372 g/mol. The Morgan fingerprint density at radius 3 is 2.43 bits per heavy atom. The van der Waals surface area contributed by atoms with E-state index in [4.69, 9.17) is 0 Å². The number of carbonyl (C=O) groups excluding carboxylic acids is 1. The Morgan fingerprint density at radius 2 is 1.70 bits per heavy atom. The van der Waals surface area contributed by atoms with Gasteiger partial charge >= 0.3 is 0 Å². The van der Waals surface area contributed by atoms with E-state index in [9.17, 15) is 15.0 Å². The molecule has 4 rings (SSSR count). The van der Waals surface area contributed by atoms with Crippen molar-refractivity contribution in [1.29, 1.82) is 0 Å². The van der Waals surface area contributed by atoms with Gasteiger partial charge in [0.1, 0.15) is 5.78 Å². The molecule has 4 aliphatic rings. The molecule has 3 unspecified atom stereocenters. The molecule has 0 aromatic heterocycles. The molecule has 3 heteroatoms. The summed E-state index contributed by atoms with van der Waals surface area (Å²) in [6, 6.07) is 0. The normalized spacial score (nSPS) is 46.5. The van der Waals surface area contributed by atoms with E-state index in [0.29, 0.717) is 28.4 Å². The van der Waals surface area contributed by atoms with Crippen LogP contribution in [0.1, 0.15) is 98.3 Å². The molecule has 0 aromatic carbocycles. The molecule has 0 amide bonds. The summed E-state index contributed by atoms with van der Waals surface area (Å²) in [6.07, 6.45) is 12.5. The maximum atomic E-state index is 12.1. The lowest BCUT2D eigenvalue weighted by atomic mass is 9.44. The largest absolute Gasteiger partial charge is 0.396 e. The predicted octanol–water partition coefficient (Wildman–Crippen LogP) is 5.62. The molecule has 0 aromatic rings. The van der Waals surface area contributed by atoms with Gasteiger partial charge in [0.25, 0.3) is 0 Å². The number of aliphatic hydroxyl groups is 2. The quantitative estimate of drug-likeness (QED) is 0.588. The Kier molecular flexibility index (Phi) is 6.45. The molecular formula is C27H46O3. The monoisotopic (exact) mass is 418 g/mol. The van der Waals surface area contributed by atoms with E-state index in [2.05, 4.69) is 20.8 Å². The first kappa shape index (κ1) is 22.8. The highest BCUT2D eigenvalue weighted by Crippen LogP contribution is 2.68. The summed E-state index contributed by atoms with van der Waals surface area (Å²) in [5.74, 6) is 5.15. The Balaban J connectivity index is 1.44. The van der Waals surface area contributed by atoms with Crippen LogP contribution in [-0.2, 0) is 4.79 Å². The molecule has 0 saturated heterocycles. The number of aliphatic hydroxyl groups excluding tert-OH is 2. The topological polar surface area (TPSA) is 57.5 Å². The summed E-state index contributed by atoms with van der Waals surface area (Å²) < 4.78 is 0. The van der Waals surface area contributed by atoms with Crippen molar-refractivity contribution in [1.82, 2.24) is 0 Å². The van der Waals surface area contributed by atoms with Gasteiger partial charge in [0.2, 0.25) is 0 Å². The van der Waals surface area contributed by atoms with Gasteiger partial charge in [0, 0.05) is 25.4 Å². The molecule has 0 spiro atoms. The van der Waals surface area contributed by atoms with Gasteiger partial charge in [0.05, 0.1) is 6.10 Å². The van der Waals surface area contributed by atoms with Crippen LogP contribution in [0.5, 0.6) is 0 Å². The highest BCUT2D eigenvalue weighted by molar-refractivity contribution is 5.79. The molecule has 0 heterocycles. The fraction of sp³-hybridized carbons (Fsp3) is 0.963. The Hall–Kier alpha value is -0.410. The lowest BCUT2D eigenvalue weighted by Crippen LogP contribution is -2.53. The highest BCUT2D eigenvalue weighted by atomic mass is 16.3. The van der Waals surface area contributed by atoms with Crippen molar-refractivity contribution in [3.05, 3.63) is 0 Å². The number of hydrogen-bond acceptors (Lipinski definition) is 3. The molecule has 30 heavy (non-hydrogen) atoms. The van der Waals surface area contributed by atoms with Gasteiger partial charge in [0.15, 0.2) is 0 Å². The number of ketones is 1. The summed E-state index contributed by atoms with van der Waals surface area (Å²) in [7, 11) is 0. The van der Waals surface area contributed by atoms with E-state index in [-0.39, 0.29) is 18.6 Å². The molecule has 0 radical (unpaired) electrons. The zero-order valence-corrected chi connectivity index (χ0v) is 19.9. The summed E-state index contributed by atoms with van der Waals surface area (Å²) in [4.78, 5) is 12.1. The number of fused-ring (bicyclic) bond motifs is 5. The van der Waals surface area contributed by atoms with Gasteiger partial charge in [-0.2, -0.15) is 0 Å². The summed E-state index contributed by atoms with van der Waals surface area (Å²) in [5.41, 5.74) is 0.869. The van der Waals surface area contributed by atoms with Crippen LogP contribution in [0.15, 0.2) is 0 Å². The molecule has 2 N–H and O–H groups in total. The molecule has 4 saturated carbocycles. The molecule has 4 aliphatic carbocycles. The molecule has 0 aliphatic heterocycles. The van der Waals surface area contributed by atoms with Crippen LogP contribution in [0.2, 0.25) is 0 Å². The fourth-order valence-corrected chi connectivity index (χ4v) is 9.06. The second-order valence-corrected chi connectivity index (χ2v) is 12.4. The van der Waals surface area contributed by atoms with Crippen molar-refractivity contribution < 1.29 is 15.0 Å². The number of rotatable bonds is 6. The third-order valence-corrected chi connectivity index (χ3v) is 11.1. The van der Waals surface area contributed by atoms with Crippen molar-refractivity contribution in [2.75, 3.05) is 6.61 Å². The zero-order valence-electron chi connectivity index (χ0n) is 19.9. The first-order chi connectivity index (χ1) is 14.2. The van der Waals surface area contributed by atoms with E-state index in [1.165, 1.54) is 38.5 Å². The van der Waals surface area contributed by atoms with Gasteiger partial charge in [-0.25, -0.2) is 0 Å². The van der Waals surface area contributed by atoms with Crippen LogP contribution in [-0.4, -0.2) is 28.7 Å². The third-order valence-electron chi connectivity index (χ3n) is 11.1.